The molecule has 0 amide bonds. The first kappa shape index (κ1) is 19.1. The van der Waals surface area contributed by atoms with Gasteiger partial charge in [0.05, 0.1) is 12.7 Å². The molecule has 0 saturated heterocycles. The highest BCUT2D eigenvalue weighted by atomic mass is 16.5. The summed E-state index contributed by atoms with van der Waals surface area (Å²) in [5.41, 5.74) is 3.96. The zero-order valence-corrected chi connectivity index (χ0v) is 14.9. The van der Waals surface area contributed by atoms with Crippen molar-refractivity contribution in [2.75, 3.05) is 26.3 Å². The van der Waals surface area contributed by atoms with Crippen molar-refractivity contribution < 1.29 is 9.84 Å². The number of benzene rings is 1. The first-order chi connectivity index (χ1) is 10.4. The minimum Gasteiger partial charge on any atom is -0.389 e. The monoisotopic (exact) mass is 307 g/mol. The fraction of sp³-hybridized carbons (Fsp3) is 0.684. The van der Waals surface area contributed by atoms with Crippen LogP contribution in [-0.4, -0.2) is 42.4 Å². The molecule has 0 saturated carbocycles. The van der Waals surface area contributed by atoms with Crippen LogP contribution in [0.1, 0.15) is 43.9 Å². The maximum Gasteiger partial charge on any atom is 0.0900 e. The molecule has 3 heteroatoms. The van der Waals surface area contributed by atoms with Crippen LogP contribution >= 0.6 is 0 Å². The van der Waals surface area contributed by atoms with Gasteiger partial charge in [-0.3, -0.25) is 4.90 Å². The number of nitrogens with zero attached hydrogens (tertiary/aromatic N) is 1. The van der Waals surface area contributed by atoms with Crippen molar-refractivity contribution in [1.29, 1.82) is 0 Å². The zero-order chi connectivity index (χ0) is 16.5. The number of hydrogen-bond acceptors (Lipinski definition) is 3. The SMILES string of the molecule is CCCN(Cc1cc(C)ccc1C)C[C@H](O)COCC(C)C. The standard InChI is InChI=1S/C19H33NO2/c1-6-9-20(12-19(21)14-22-13-15(2)3)11-18-10-16(4)7-8-17(18)5/h7-8,10,15,19,21H,6,9,11-14H2,1-5H3/t19-/m0/s1. The van der Waals surface area contributed by atoms with Crippen molar-refractivity contribution >= 4 is 0 Å². The predicted molar refractivity (Wildman–Crippen MR) is 93.1 cm³/mol. The van der Waals surface area contributed by atoms with Crippen LogP contribution in [0.4, 0.5) is 0 Å². The second-order valence-electron chi connectivity index (χ2n) is 6.75. The van der Waals surface area contributed by atoms with Crippen LogP contribution in [0.3, 0.4) is 0 Å². The van der Waals surface area contributed by atoms with E-state index in [1.54, 1.807) is 0 Å². The van der Waals surface area contributed by atoms with E-state index in [0.717, 1.165) is 19.5 Å². The fourth-order valence-electron chi connectivity index (χ4n) is 2.55. The van der Waals surface area contributed by atoms with Crippen LogP contribution in [-0.2, 0) is 11.3 Å². The van der Waals surface area contributed by atoms with Crippen molar-refractivity contribution in [2.24, 2.45) is 5.92 Å². The Morgan fingerprint density at radius 1 is 1.18 bits per heavy atom. The first-order valence-corrected chi connectivity index (χ1v) is 8.46. The second-order valence-corrected chi connectivity index (χ2v) is 6.75. The number of ether oxygens (including phenoxy) is 1. The van der Waals surface area contributed by atoms with E-state index >= 15 is 0 Å². The van der Waals surface area contributed by atoms with Gasteiger partial charge >= 0.3 is 0 Å². The van der Waals surface area contributed by atoms with Crippen molar-refractivity contribution in [3.63, 3.8) is 0 Å². The van der Waals surface area contributed by atoms with E-state index in [2.05, 4.69) is 57.7 Å². The van der Waals surface area contributed by atoms with E-state index in [1.807, 2.05) is 0 Å². The van der Waals surface area contributed by atoms with Crippen LogP contribution in [0.25, 0.3) is 0 Å². The van der Waals surface area contributed by atoms with Gasteiger partial charge < -0.3 is 9.84 Å². The summed E-state index contributed by atoms with van der Waals surface area (Å²) >= 11 is 0. The summed E-state index contributed by atoms with van der Waals surface area (Å²) in [4.78, 5) is 2.32. The molecule has 0 fully saturated rings. The van der Waals surface area contributed by atoms with E-state index in [-0.39, 0.29) is 0 Å². The zero-order valence-electron chi connectivity index (χ0n) is 14.9. The van der Waals surface area contributed by atoms with Crippen LogP contribution in [0.2, 0.25) is 0 Å². The number of aryl methyl sites for hydroxylation is 2. The molecule has 0 heterocycles. The maximum absolute atomic E-state index is 10.2. The normalized spacial score (nSPS) is 13.1. The largest absolute Gasteiger partial charge is 0.389 e. The Kier molecular flexibility index (Phi) is 8.69. The van der Waals surface area contributed by atoms with Gasteiger partial charge in [0.25, 0.3) is 0 Å². The van der Waals surface area contributed by atoms with Crippen molar-refractivity contribution in [3.8, 4) is 0 Å². The van der Waals surface area contributed by atoms with E-state index in [4.69, 9.17) is 4.74 Å². The average molecular weight is 307 g/mol. The second kappa shape index (κ2) is 9.98. The molecule has 0 bridgehead atoms. The molecule has 1 aromatic carbocycles. The maximum atomic E-state index is 10.2. The topological polar surface area (TPSA) is 32.7 Å². The number of rotatable bonds is 10. The Hall–Kier alpha value is -0.900. The average Bonchev–Trinajstić information content (AvgIpc) is 2.42. The van der Waals surface area contributed by atoms with Crippen LogP contribution in [0.15, 0.2) is 18.2 Å². The first-order valence-electron chi connectivity index (χ1n) is 8.46. The molecule has 1 aromatic rings. The van der Waals surface area contributed by atoms with Crippen LogP contribution in [0, 0.1) is 19.8 Å². The summed E-state index contributed by atoms with van der Waals surface area (Å²) in [7, 11) is 0. The Bertz CT molecular complexity index is 431. The van der Waals surface area contributed by atoms with E-state index < -0.39 is 6.10 Å². The van der Waals surface area contributed by atoms with Gasteiger partial charge in [0, 0.05) is 19.7 Å². The van der Waals surface area contributed by atoms with Gasteiger partial charge in [0.2, 0.25) is 0 Å². The Labute approximate surface area is 136 Å². The molecule has 0 unspecified atom stereocenters. The molecule has 0 radical (unpaired) electrons. The molecule has 0 aliphatic carbocycles. The summed E-state index contributed by atoms with van der Waals surface area (Å²) in [6, 6.07) is 6.58. The minimum atomic E-state index is -0.421. The lowest BCUT2D eigenvalue weighted by Crippen LogP contribution is -2.35. The van der Waals surface area contributed by atoms with E-state index in [1.165, 1.54) is 16.7 Å². The summed E-state index contributed by atoms with van der Waals surface area (Å²) in [5.74, 6) is 0.508. The molecule has 0 aliphatic rings. The van der Waals surface area contributed by atoms with Gasteiger partial charge in [-0.2, -0.15) is 0 Å². The summed E-state index contributed by atoms with van der Waals surface area (Å²) in [6.45, 7) is 14.4. The van der Waals surface area contributed by atoms with Crippen molar-refractivity contribution in [2.45, 2.75) is 53.7 Å². The van der Waals surface area contributed by atoms with Gasteiger partial charge in [-0.05, 0) is 43.9 Å². The van der Waals surface area contributed by atoms with Crippen molar-refractivity contribution in [1.82, 2.24) is 4.90 Å². The van der Waals surface area contributed by atoms with Crippen LogP contribution < -0.4 is 0 Å². The highest BCUT2D eigenvalue weighted by Gasteiger charge is 2.13. The highest BCUT2D eigenvalue weighted by Crippen LogP contribution is 2.14. The Morgan fingerprint density at radius 2 is 1.91 bits per heavy atom. The lowest BCUT2D eigenvalue weighted by molar-refractivity contribution is 0.00689. The van der Waals surface area contributed by atoms with Gasteiger partial charge in [-0.1, -0.05) is 44.5 Å². The molecule has 1 atom stereocenters. The molecular formula is C19H33NO2. The smallest absolute Gasteiger partial charge is 0.0900 e. The molecule has 0 aromatic heterocycles. The molecule has 22 heavy (non-hydrogen) atoms. The lowest BCUT2D eigenvalue weighted by atomic mass is 10.0. The Balaban J connectivity index is 2.55. The third-order valence-corrected chi connectivity index (χ3v) is 3.67. The highest BCUT2D eigenvalue weighted by molar-refractivity contribution is 5.30. The van der Waals surface area contributed by atoms with E-state index in [9.17, 15) is 5.11 Å². The van der Waals surface area contributed by atoms with Gasteiger partial charge in [0.1, 0.15) is 0 Å². The molecule has 0 spiro atoms. The summed E-state index contributed by atoms with van der Waals surface area (Å²) in [6.07, 6.45) is 0.667. The Morgan fingerprint density at radius 3 is 2.55 bits per heavy atom. The third kappa shape index (κ3) is 7.39. The molecular weight excluding hydrogens is 274 g/mol. The lowest BCUT2D eigenvalue weighted by Gasteiger charge is -2.25. The number of aliphatic hydroxyl groups excluding tert-OH is 1. The molecule has 126 valence electrons. The number of aliphatic hydroxyl groups is 1. The van der Waals surface area contributed by atoms with Crippen LogP contribution in [0.5, 0.6) is 0 Å². The summed E-state index contributed by atoms with van der Waals surface area (Å²) in [5, 5.41) is 10.2. The van der Waals surface area contributed by atoms with Gasteiger partial charge in [-0.15, -0.1) is 0 Å². The van der Waals surface area contributed by atoms with Gasteiger partial charge in [0.15, 0.2) is 0 Å². The molecule has 3 nitrogen and oxygen atoms in total. The molecule has 1 N–H and O–H groups in total. The fourth-order valence-corrected chi connectivity index (χ4v) is 2.55. The summed E-state index contributed by atoms with van der Waals surface area (Å²) < 4.78 is 5.55. The molecule has 1 rings (SSSR count). The molecule has 0 aliphatic heterocycles. The number of hydrogen-bond donors (Lipinski definition) is 1. The quantitative estimate of drug-likeness (QED) is 0.717. The third-order valence-electron chi connectivity index (χ3n) is 3.67. The predicted octanol–water partition coefficient (Wildman–Crippen LogP) is 3.55. The minimum absolute atomic E-state index is 0.421. The van der Waals surface area contributed by atoms with Gasteiger partial charge in [-0.25, -0.2) is 0 Å². The van der Waals surface area contributed by atoms with E-state index in [0.29, 0.717) is 25.7 Å². The van der Waals surface area contributed by atoms with Crippen molar-refractivity contribution in [3.05, 3.63) is 34.9 Å².